The van der Waals surface area contributed by atoms with Gasteiger partial charge in [0.25, 0.3) is 0 Å². The monoisotopic (exact) mass is 354 g/mol. The third-order valence-electron chi connectivity index (χ3n) is 2.98. The molecule has 0 radical (unpaired) electrons. The van der Waals surface area contributed by atoms with Crippen LogP contribution in [-0.4, -0.2) is 27.9 Å². The number of carbonyl (C=O) groups is 1. The molecule has 2 N–H and O–H groups in total. The Bertz CT molecular complexity index is 650. The maximum absolute atomic E-state index is 13.6. The van der Waals surface area contributed by atoms with Crippen molar-refractivity contribution in [3.05, 3.63) is 30.1 Å². The Kier molecular flexibility index (Phi) is 6.79. The Hall–Kier alpha value is -1.67. The summed E-state index contributed by atoms with van der Waals surface area (Å²) in [5.41, 5.74) is 0.353. The van der Waals surface area contributed by atoms with Crippen molar-refractivity contribution in [2.75, 3.05) is 11.1 Å². The second-order valence-electron chi connectivity index (χ2n) is 5.02. The first-order valence-corrected chi connectivity index (χ1v) is 9.16. The van der Waals surface area contributed by atoms with Crippen molar-refractivity contribution in [1.29, 1.82) is 0 Å². The van der Waals surface area contributed by atoms with Crippen LogP contribution in [0, 0.1) is 5.82 Å². The van der Waals surface area contributed by atoms with Crippen LogP contribution in [0.2, 0.25) is 0 Å². The Labute approximate surface area is 143 Å². The van der Waals surface area contributed by atoms with Gasteiger partial charge >= 0.3 is 0 Å². The number of halogens is 1. The summed E-state index contributed by atoms with van der Waals surface area (Å²) >= 11 is 2.61. The highest BCUT2D eigenvalue weighted by molar-refractivity contribution is 8.01. The number of benzene rings is 1. The summed E-state index contributed by atoms with van der Waals surface area (Å²) in [5, 5.41) is 14.3. The van der Waals surface area contributed by atoms with Crippen molar-refractivity contribution in [2.24, 2.45) is 0 Å². The molecule has 1 aromatic heterocycles. The highest BCUT2D eigenvalue weighted by Gasteiger charge is 2.11. The number of hydrogen-bond acceptors (Lipinski definition) is 6. The molecule has 1 aromatic carbocycles. The summed E-state index contributed by atoms with van der Waals surface area (Å²) in [6.07, 6.45) is 2.00. The summed E-state index contributed by atoms with van der Waals surface area (Å²) in [6, 6.07) is 6.55. The van der Waals surface area contributed by atoms with Crippen LogP contribution >= 0.6 is 23.1 Å². The van der Waals surface area contributed by atoms with Gasteiger partial charge in [-0.3, -0.25) is 4.79 Å². The molecule has 1 amide bonds. The average molecular weight is 354 g/mol. The largest absolute Gasteiger partial charge is 0.353 e. The highest BCUT2D eigenvalue weighted by atomic mass is 32.2. The number of hydrogen-bond donors (Lipinski definition) is 2. The van der Waals surface area contributed by atoms with E-state index in [9.17, 15) is 9.18 Å². The minimum atomic E-state index is -0.346. The van der Waals surface area contributed by atoms with Crippen molar-refractivity contribution < 1.29 is 9.18 Å². The van der Waals surface area contributed by atoms with E-state index in [1.54, 1.807) is 18.2 Å². The molecule has 8 heteroatoms. The number of amides is 1. The number of para-hydroxylation sites is 1. The van der Waals surface area contributed by atoms with Crippen LogP contribution in [0.3, 0.4) is 0 Å². The van der Waals surface area contributed by atoms with E-state index < -0.39 is 0 Å². The van der Waals surface area contributed by atoms with E-state index in [0.29, 0.717) is 20.9 Å². The Morgan fingerprint density at radius 2 is 2.17 bits per heavy atom. The number of thioether (sulfide) groups is 1. The Morgan fingerprint density at radius 3 is 2.91 bits per heavy atom. The summed E-state index contributed by atoms with van der Waals surface area (Å²) in [7, 11) is 0. The van der Waals surface area contributed by atoms with Gasteiger partial charge in [-0.25, -0.2) is 4.39 Å². The van der Waals surface area contributed by atoms with Crippen LogP contribution in [0.25, 0.3) is 0 Å². The van der Waals surface area contributed by atoms with E-state index in [1.807, 2.05) is 6.92 Å². The van der Waals surface area contributed by atoms with Gasteiger partial charge in [-0.15, -0.1) is 10.2 Å². The zero-order valence-corrected chi connectivity index (χ0v) is 14.6. The molecule has 0 saturated heterocycles. The van der Waals surface area contributed by atoms with E-state index >= 15 is 0 Å². The summed E-state index contributed by atoms with van der Waals surface area (Å²) in [4.78, 5) is 11.8. The highest BCUT2D eigenvalue weighted by Crippen LogP contribution is 2.28. The molecule has 0 aliphatic carbocycles. The number of anilines is 2. The molecular weight excluding hydrogens is 335 g/mol. The van der Waals surface area contributed by atoms with Crippen LogP contribution < -0.4 is 10.6 Å². The van der Waals surface area contributed by atoms with Crippen molar-refractivity contribution in [2.45, 2.75) is 37.1 Å². The van der Waals surface area contributed by atoms with Crippen LogP contribution in [-0.2, 0) is 4.79 Å². The van der Waals surface area contributed by atoms with Gasteiger partial charge in [0, 0.05) is 6.04 Å². The first kappa shape index (κ1) is 17.7. The van der Waals surface area contributed by atoms with E-state index in [1.165, 1.54) is 29.2 Å². The van der Waals surface area contributed by atoms with Crippen LogP contribution in [0.5, 0.6) is 0 Å². The van der Waals surface area contributed by atoms with Crippen LogP contribution in [0.1, 0.15) is 26.7 Å². The smallest absolute Gasteiger partial charge is 0.230 e. The second-order valence-corrected chi connectivity index (χ2v) is 7.22. The summed E-state index contributed by atoms with van der Waals surface area (Å²) < 4.78 is 14.2. The second kappa shape index (κ2) is 8.83. The van der Waals surface area contributed by atoms with Gasteiger partial charge < -0.3 is 10.6 Å². The Morgan fingerprint density at radius 1 is 1.39 bits per heavy atom. The number of rotatable bonds is 8. The lowest BCUT2D eigenvalue weighted by atomic mass is 10.2. The normalized spacial score (nSPS) is 12.0. The van der Waals surface area contributed by atoms with Gasteiger partial charge in [0.2, 0.25) is 11.0 Å². The van der Waals surface area contributed by atoms with Crippen molar-refractivity contribution in [3.8, 4) is 0 Å². The topological polar surface area (TPSA) is 66.9 Å². The van der Waals surface area contributed by atoms with Crippen LogP contribution in [0.15, 0.2) is 28.6 Å². The molecule has 124 valence electrons. The molecule has 2 aromatic rings. The number of carbonyl (C=O) groups excluding carboxylic acids is 1. The number of nitrogens with zero attached hydrogens (tertiary/aromatic N) is 2. The van der Waals surface area contributed by atoms with Gasteiger partial charge in [0.05, 0.1) is 11.4 Å². The summed E-state index contributed by atoms with van der Waals surface area (Å²) in [5.74, 6) is -0.0708. The molecule has 5 nitrogen and oxygen atoms in total. The van der Waals surface area contributed by atoms with Crippen molar-refractivity contribution in [1.82, 2.24) is 15.5 Å². The average Bonchev–Trinajstić information content (AvgIpc) is 2.95. The molecule has 0 bridgehead atoms. The lowest BCUT2D eigenvalue weighted by Crippen LogP contribution is -2.33. The zero-order valence-electron chi connectivity index (χ0n) is 13.0. The molecule has 2 rings (SSSR count). The van der Waals surface area contributed by atoms with Gasteiger partial charge in [0.1, 0.15) is 5.82 Å². The quantitative estimate of drug-likeness (QED) is 0.706. The number of nitrogens with one attached hydrogen (secondary N) is 2. The first-order valence-electron chi connectivity index (χ1n) is 7.35. The van der Waals surface area contributed by atoms with Gasteiger partial charge in [-0.05, 0) is 25.5 Å². The van der Waals surface area contributed by atoms with Gasteiger partial charge in [-0.2, -0.15) is 0 Å². The van der Waals surface area contributed by atoms with Gasteiger partial charge in [0.15, 0.2) is 4.34 Å². The molecule has 1 atom stereocenters. The molecule has 1 unspecified atom stereocenters. The van der Waals surface area contributed by atoms with E-state index in [-0.39, 0.29) is 17.8 Å². The molecule has 0 fully saturated rings. The fourth-order valence-corrected chi connectivity index (χ4v) is 3.52. The molecule has 0 saturated carbocycles. The molecule has 23 heavy (non-hydrogen) atoms. The van der Waals surface area contributed by atoms with Gasteiger partial charge in [-0.1, -0.05) is 48.6 Å². The Balaban J connectivity index is 1.83. The first-order chi connectivity index (χ1) is 11.1. The lowest BCUT2D eigenvalue weighted by molar-refractivity contribution is -0.119. The molecule has 1 heterocycles. The minimum absolute atomic E-state index is 0.0187. The molecule has 0 aliphatic heterocycles. The van der Waals surface area contributed by atoms with Crippen molar-refractivity contribution >= 4 is 39.8 Å². The zero-order chi connectivity index (χ0) is 16.7. The third-order valence-corrected chi connectivity index (χ3v) is 4.95. The summed E-state index contributed by atoms with van der Waals surface area (Å²) in [6.45, 7) is 4.08. The minimum Gasteiger partial charge on any atom is -0.353 e. The molecule has 0 aliphatic rings. The fourth-order valence-electron chi connectivity index (χ4n) is 1.95. The fraction of sp³-hybridized carbons (Fsp3) is 0.400. The lowest BCUT2D eigenvalue weighted by Gasteiger charge is -2.11. The SMILES string of the molecule is CCCC(C)NC(=O)CSc1nnc(Nc2ccccc2F)s1. The maximum Gasteiger partial charge on any atom is 0.230 e. The van der Waals surface area contributed by atoms with E-state index in [2.05, 4.69) is 27.8 Å². The van der Waals surface area contributed by atoms with E-state index in [0.717, 1.165) is 12.8 Å². The van der Waals surface area contributed by atoms with Crippen molar-refractivity contribution in [3.63, 3.8) is 0 Å². The number of aromatic nitrogens is 2. The molecule has 0 spiro atoms. The van der Waals surface area contributed by atoms with Crippen LogP contribution in [0.4, 0.5) is 15.2 Å². The maximum atomic E-state index is 13.6. The third kappa shape index (κ3) is 5.80. The predicted octanol–water partition coefficient (Wildman–Crippen LogP) is 3.82. The predicted molar refractivity (Wildman–Crippen MR) is 92.8 cm³/mol. The van der Waals surface area contributed by atoms with E-state index in [4.69, 9.17) is 0 Å². The molecular formula is C15H19FN4OS2. The standard InChI is InChI=1S/C15H19FN4OS2/c1-3-6-10(2)17-13(21)9-22-15-20-19-14(23-15)18-12-8-5-4-7-11(12)16/h4-5,7-8,10H,3,6,9H2,1-2H3,(H,17,21)(H,18,19).